The lowest BCUT2D eigenvalue weighted by Gasteiger charge is -2.41. The topological polar surface area (TPSA) is 41.9 Å². The highest BCUT2D eigenvalue weighted by molar-refractivity contribution is 5.35. The highest BCUT2D eigenvalue weighted by atomic mass is 16.5. The fourth-order valence-corrected chi connectivity index (χ4v) is 5.03. The van der Waals surface area contributed by atoms with E-state index >= 15 is 0 Å². The second-order valence-corrected chi connectivity index (χ2v) is 10.5. The summed E-state index contributed by atoms with van der Waals surface area (Å²) < 4.78 is 11.6. The van der Waals surface area contributed by atoms with E-state index in [-0.39, 0.29) is 5.92 Å². The minimum atomic E-state index is -0.942. The maximum absolute atomic E-state index is 12.5. The van der Waals surface area contributed by atoms with Crippen LogP contribution in [0.4, 0.5) is 0 Å². The van der Waals surface area contributed by atoms with Crippen molar-refractivity contribution in [3.8, 4) is 5.75 Å². The molecule has 1 aliphatic rings. The van der Waals surface area contributed by atoms with Gasteiger partial charge in [-0.15, -0.1) is 0 Å². The molecule has 194 valence electrons. The molecule has 3 rings (SSSR count). The van der Waals surface area contributed by atoms with Crippen LogP contribution in [0.25, 0.3) is 0 Å². The number of unbranched alkanes of at least 4 members (excludes halogenated alkanes) is 4. The summed E-state index contributed by atoms with van der Waals surface area (Å²) in [6.07, 6.45) is 7.70. The first-order valence-electron chi connectivity index (χ1n) is 13.8. The van der Waals surface area contributed by atoms with Gasteiger partial charge in [0.2, 0.25) is 0 Å². The number of nitrogens with zero attached hydrogens (tertiary/aromatic N) is 1. The minimum Gasteiger partial charge on any atom is -0.494 e. The molecule has 2 unspecified atom stereocenters. The van der Waals surface area contributed by atoms with E-state index in [0.717, 1.165) is 76.5 Å². The van der Waals surface area contributed by atoms with Crippen molar-refractivity contribution in [1.29, 1.82) is 0 Å². The summed E-state index contributed by atoms with van der Waals surface area (Å²) in [7, 11) is 0. The van der Waals surface area contributed by atoms with Gasteiger partial charge in [0, 0.05) is 25.6 Å². The normalized spacial score (nSPS) is 17.3. The van der Waals surface area contributed by atoms with E-state index in [1.165, 1.54) is 24.8 Å². The maximum atomic E-state index is 12.5. The molecular formula is C31H47NO3. The fraction of sp³-hybridized carbons (Fsp3) is 0.613. The molecule has 1 saturated heterocycles. The Kier molecular flexibility index (Phi) is 11.6. The number of hydrogen-bond donors (Lipinski definition) is 1. The maximum Gasteiger partial charge on any atom is 0.119 e. The van der Waals surface area contributed by atoms with Crippen LogP contribution in [0.3, 0.4) is 0 Å². The third-order valence-corrected chi connectivity index (χ3v) is 7.30. The van der Waals surface area contributed by atoms with Gasteiger partial charge in [0.25, 0.3) is 0 Å². The van der Waals surface area contributed by atoms with Crippen LogP contribution >= 0.6 is 0 Å². The summed E-state index contributed by atoms with van der Waals surface area (Å²) in [5, 5.41) is 12.5. The molecule has 35 heavy (non-hydrogen) atoms. The van der Waals surface area contributed by atoms with Crippen LogP contribution in [0, 0.1) is 5.92 Å². The molecule has 4 nitrogen and oxygen atoms in total. The van der Waals surface area contributed by atoms with Gasteiger partial charge in [0.15, 0.2) is 0 Å². The molecule has 2 aromatic carbocycles. The van der Waals surface area contributed by atoms with E-state index in [2.05, 4.69) is 68.1 Å². The Bertz CT molecular complexity index is 817. The van der Waals surface area contributed by atoms with Gasteiger partial charge in [0.1, 0.15) is 5.75 Å². The molecule has 0 bridgehead atoms. The molecule has 1 heterocycles. The summed E-state index contributed by atoms with van der Waals surface area (Å²) in [6.45, 7) is 11.6. The molecule has 0 radical (unpaired) electrons. The van der Waals surface area contributed by atoms with Crippen LogP contribution in [-0.4, -0.2) is 49.5 Å². The van der Waals surface area contributed by atoms with Crippen LogP contribution in [0.2, 0.25) is 0 Å². The lowest BCUT2D eigenvalue weighted by atomic mass is 9.73. The highest BCUT2D eigenvalue weighted by Gasteiger charge is 2.40. The largest absolute Gasteiger partial charge is 0.494 e. The zero-order valence-electron chi connectivity index (χ0n) is 22.3. The molecule has 1 aliphatic heterocycles. The Hall–Kier alpha value is -1.88. The summed E-state index contributed by atoms with van der Waals surface area (Å²) in [6, 6.07) is 18.8. The van der Waals surface area contributed by atoms with Crippen molar-refractivity contribution in [3.63, 3.8) is 0 Å². The summed E-state index contributed by atoms with van der Waals surface area (Å²) in [5.41, 5.74) is 1.25. The van der Waals surface area contributed by atoms with E-state index < -0.39 is 5.60 Å². The number of hydrogen-bond acceptors (Lipinski definition) is 4. The third-order valence-electron chi connectivity index (χ3n) is 7.30. The second-order valence-electron chi connectivity index (χ2n) is 10.5. The summed E-state index contributed by atoms with van der Waals surface area (Å²) in [5.74, 6) is 1.49. The molecule has 0 spiro atoms. The average molecular weight is 482 g/mol. The number of aliphatic hydroxyl groups is 1. The summed E-state index contributed by atoms with van der Waals surface area (Å²) >= 11 is 0. The van der Waals surface area contributed by atoms with Crippen LogP contribution < -0.4 is 4.74 Å². The second kappa shape index (κ2) is 14.6. The van der Waals surface area contributed by atoms with Gasteiger partial charge in [-0.05, 0) is 42.0 Å². The molecule has 4 heteroatoms. The molecule has 1 fully saturated rings. The lowest BCUT2D eigenvalue weighted by Crippen LogP contribution is -2.45. The number of rotatable bonds is 15. The van der Waals surface area contributed by atoms with Gasteiger partial charge in [0.05, 0.1) is 25.4 Å². The molecule has 0 aromatic heterocycles. The molecular weight excluding hydrogens is 434 g/mol. The zero-order valence-corrected chi connectivity index (χ0v) is 22.3. The van der Waals surface area contributed by atoms with Gasteiger partial charge in [-0.2, -0.15) is 0 Å². The van der Waals surface area contributed by atoms with E-state index in [9.17, 15) is 5.11 Å². The predicted octanol–water partition coefficient (Wildman–Crippen LogP) is 6.78. The average Bonchev–Trinajstić information content (AvgIpc) is 2.88. The molecule has 0 saturated carbocycles. The van der Waals surface area contributed by atoms with Crippen LogP contribution in [-0.2, 0) is 10.3 Å². The van der Waals surface area contributed by atoms with E-state index in [0.29, 0.717) is 5.92 Å². The van der Waals surface area contributed by atoms with E-state index in [4.69, 9.17) is 9.47 Å². The van der Waals surface area contributed by atoms with Gasteiger partial charge in [-0.3, -0.25) is 4.90 Å². The van der Waals surface area contributed by atoms with Crippen molar-refractivity contribution in [1.82, 2.24) is 4.90 Å². The van der Waals surface area contributed by atoms with Crippen molar-refractivity contribution in [2.45, 2.75) is 77.2 Å². The molecule has 0 aliphatic carbocycles. The smallest absolute Gasteiger partial charge is 0.119 e. The van der Waals surface area contributed by atoms with Gasteiger partial charge in [-0.25, -0.2) is 0 Å². The fourth-order valence-electron chi connectivity index (χ4n) is 5.03. The number of morpholine rings is 1. The molecule has 1 N–H and O–H groups in total. The standard InChI is InChI=1S/C31H47NO3/c1-4-5-6-7-11-19-31(33,28-14-16-29(17-15-28)35-22-18-26(2)3)30(27-12-9-8-10-13-27)25-32-20-23-34-24-21-32/h8-10,12-17,26,30,33H,4-7,11,18-25H2,1-3H3. The monoisotopic (exact) mass is 481 g/mol. The Morgan fingerprint density at radius 2 is 1.63 bits per heavy atom. The van der Waals surface area contributed by atoms with E-state index in [1.807, 2.05) is 12.1 Å². The van der Waals surface area contributed by atoms with Crippen molar-refractivity contribution in [2.75, 3.05) is 39.5 Å². The van der Waals surface area contributed by atoms with Gasteiger partial charge in [-0.1, -0.05) is 95.3 Å². The molecule has 2 aromatic rings. The number of benzene rings is 2. The van der Waals surface area contributed by atoms with Gasteiger partial charge >= 0.3 is 0 Å². The third kappa shape index (κ3) is 8.63. The van der Waals surface area contributed by atoms with Crippen LogP contribution in [0.1, 0.15) is 82.8 Å². The quantitative estimate of drug-likeness (QED) is 0.285. The van der Waals surface area contributed by atoms with Gasteiger partial charge < -0.3 is 14.6 Å². The van der Waals surface area contributed by atoms with Crippen molar-refractivity contribution in [3.05, 3.63) is 65.7 Å². The van der Waals surface area contributed by atoms with E-state index in [1.54, 1.807) is 0 Å². The Morgan fingerprint density at radius 3 is 2.29 bits per heavy atom. The highest BCUT2D eigenvalue weighted by Crippen LogP contribution is 2.42. The van der Waals surface area contributed by atoms with Crippen LogP contribution in [0.15, 0.2) is 54.6 Å². The summed E-state index contributed by atoms with van der Waals surface area (Å²) in [4.78, 5) is 2.45. The first-order valence-corrected chi connectivity index (χ1v) is 13.8. The zero-order chi connectivity index (χ0) is 24.9. The Labute approximate surface area is 213 Å². The Balaban J connectivity index is 1.86. The van der Waals surface area contributed by atoms with Crippen LogP contribution in [0.5, 0.6) is 5.75 Å². The van der Waals surface area contributed by atoms with Crippen molar-refractivity contribution >= 4 is 0 Å². The number of ether oxygens (including phenoxy) is 2. The Morgan fingerprint density at radius 1 is 0.943 bits per heavy atom. The minimum absolute atomic E-state index is 0.0133. The lowest BCUT2D eigenvalue weighted by molar-refractivity contribution is -0.0296. The van der Waals surface area contributed by atoms with Crippen molar-refractivity contribution < 1.29 is 14.6 Å². The predicted molar refractivity (Wildman–Crippen MR) is 145 cm³/mol. The first kappa shape index (κ1) is 27.7. The van der Waals surface area contributed by atoms with Crippen molar-refractivity contribution in [2.24, 2.45) is 5.92 Å². The first-order chi connectivity index (χ1) is 17.0. The SMILES string of the molecule is CCCCCCCC(O)(c1ccc(OCCC(C)C)cc1)C(CN1CCOCC1)c1ccccc1. The molecule has 2 atom stereocenters. The molecule has 0 amide bonds.